The second kappa shape index (κ2) is 7.01. The van der Waals surface area contributed by atoms with E-state index in [0.717, 1.165) is 27.1 Å². The van der Waals surface area contributed by atoms with Gasteiger partial charge in [-0.05, 0) is 54.0 Å². The summed E-state index contributed by atoms with van der Waals surface area (Å²) in [5, 5.41) is 7.59. The van der Waals surface area contributed by atoms with Crippen LogP contribution in [0.25, 0.3) is 5.69 Å². The van der Waals surface area contributed by atoms with Crippen LogP contribution in [0.15, 0.2) is 59.1 Å². The summed E-state index contributed by atoms with van der Waals surface area (Å²) in [6.07, 6.45) is 0. The van der Waals surface area contributed by atoms with Crippen LogP contribution in [0.3, 0.4) is 0 Å². The quantitative estimate of drug-likeness (QED) is 0.734. The third-order valence-electron chi connectivity index (χ3n) is 3.99. The maximum Gasteiger partial charge on any atom is 0.252 e. The Labute approximate surface area is 149 Å². The number of carbonyl (C=O) groups excluding carboxylic acids is 1. The maximum absolute atomic E-state index is 12.4. The predicted molar refractivity (Wildman–Crippen MR) is 98.4 cm³/mol. The Bertz CT molecular complexity index is 872. The molecule has 0 unspecified atom stereocenters. The molecule has 0 saturated heterocycles. The molecule has 0 radical (unpaired) electrons. The first-order chi connectivity index (χ1) is 11.6. The van der Waals surface area contributed by atoms with Gasteiger partial charge in [-0.25, -0.2) is 4.68 Å². The Hall–Kier alpha value is -2.40. The fraction of sp³-hybridized carbons (Fsp3) is 0.158. The fourth-order valence-corrected chi connectivity index (χ4v) is 3.13. The summed E-state index contributed by atoms with van der Waals surface area (Å²) >= 11 is 3.41. The molecule has 0 bridgehead atoms. The van der Waals surface area contributed by atoms with E-state index in [0.29, 0.717) is 12.1 Å². The van der Waals surface area contributed by atoms with Gasteiger partial charge in [0.15, 0.2) is 0 Å². The second-order valence-corrected chi connectivity index (χ2v) is 6.41. The summed E-state index contributed by atoms with van der Waals surface area (Å²) in [5.41, 5.74) is 4.64. The summed E-state index contributed by atoms with van der Waals surface area (Å²) in [7, 11) is 0. The highest BCUT2D eigenvalue weighted by Gasteiger charge is 2.15. The van der Waals surface area contributed by atoms with Gasteiger partial charge in [0.1, 0.15) is 0 Å². The molecule has 3 aromatic rings. The van der Waals surface area contributed by atoms with E-state index in [4.69, 9.17) is 0 Å². The molecule has 3 rings (SSSR count). The lowest BCUT2D eigenvalue weighted by Crippen LogP contribution is -2.23. The largest absolute Gasteiger partial charge is 0.348 e. The van der Waals surface area contributed by atoms with Gasteiger partial charge in [-0.3, -0.25) is 4.79 Å². The number of halogens is 1. The summed E-state index contributed by atoms with van der Waals surface area (Å²) in [4.78, 5) is 12.4. The molecule has 1 N–H and O–H groups in total. The second-order valence-electron chi connectivity index (χ2n) is 5.56. The molecule has 1 heterocycles. The zero-order valence-electron chi connectivity index (χ0n) is 13.6. The smallest absolute Gasteiger partial charge is 0.252 e. The highest BCUT2D eigenvalue weighted by molar-refractivity contribution is 9.10. The van der Waals surface area contributed by atoms with Gasteiger partial charge in [-0.2, -0.15) is 5.10 Å². The number of nitrogens with one attached hydrogen (secondary N) is 1. The molecule has 0 spiro atoms. The Balaban J connectivity index is 1.80. The van der Waals surface area contributed by atoms with Crippen LogP contribution in [-0.2, 0) is 6.54 Å². The summed E-state index contributed by atoms with van der Waals surface area (Å²) in [6, 6.07) is 17.4. The van der Waals surface area contributed by atoms with Crippen LogP contribution in [0.4, 0.5) is 0 Å². The minimum absolute atomic E-state index is 0.103. The summed E-state index contributed by atoms with van der Waals surface area (Å²) < 4.78 is 2.70. The first kappa shape index (κ1) is 16.5. The number of benzene rings is 2. The van der Waals surface area contributed by atoms with Gasteiger partial charge in [0.05, 0.1) is 16.9 Å². The fourth-order valence-electron chi connectivity index (χ4n) is 2.66. The van der Waals surface area contributed by atoms with E-state index >= 15 is 0 Å². The van der Waals surface area contributed by atoms with Crippen molar-refractivity contribution in [2.45, 2.75) is 20.4 Å². The molecule has 0 saturated carbocycles. The van der Waals surface area contributed by atoms with E-state index in [-0.39, 0.29) is 5.91 Å². The molecule has 0 aliphatic carbocycles. The zero-order chi connectivity index (χ0) is 17.1. The van der Waals surface area contributed by atoms with Gasteiger partial charge in [0.2, 0.25) is 0 Å². The maximum atomic E-state index is 12.4. The van der Waals surface area contributed by atoms with Crippen molar-refractivity contribution in [1.82, 2.24) is 15.1 Å². The number of amides is 1. The average Bonchev–Trinajstić information content (AvgIpc) is 2.88. The molecule has 0 aliphatic rings. The minimum atomic E-state index is -0.103. The number of hydrogen-bond donors (Lipinski definition) is 1. The molecule has 1 amide bonds. The van der Waals surface area contributed by atoms with Crippen molar-refractivity contribution in [3.8, 4) is 5.69 Å². The average molecular weight is 384 g/mol. The number of aryl methyl sites for hydroxylation is 1. The van der Waals surface area contributed by atoms with Crippen molar-refractivity contribution in [3.63, 3.8) is 0 Å². The van der Waals surface area contributed by atoms with E-state index in [2.05, 4.69) is 26.3 Å². The lowest BCUT2D eigenvalue weighted by molar-refractivity contribution is 0.0950. The van der Waals surface area contributed by atoms with Crippen LogP contribution in [0, 0.1) is 13.8 Å². The van der Waals surface area contributed by atoms with E-state index in [1.54, 1.807) is 6.07 Å². The lowest BCUT2D eigenvalue weighted by Gasteiger charge is -2.08. The van der Waals surface area contributed by atoms with Crippen LogP contribution in [-0.4, -0.2) is 15.7 Å². The van der Waals surface area contributed by atoms with Crippen LogP contribution < -0.4 is 5.32 Å². The molecule has 1 aromatic heterocycles. The topological polar surface area (TPSA) is 46.9 Å². The van der Waals surface area contributed by atoms with Gasteiger partial charge in [-0.15, -0.1) is 0 Å². The Morgan fingerprint density at radius 3 is 2.46 bits per heavy atom. The SMILES string of the molecule is Cc1nn(-c2ccccc2)c(C)c1CNC(=O)c1ccccc1Br. The molecule has 2 aromatic carbocycles. The number of para-hydroxylation sites is 1. The molecule has 0 atom stereocenters. The molecule has 5 heteroatoms. The van der Waals surface area contributed by atoms with E-state index in [9.17, 15) is 4.79 Å². The number of hydrogen-bond acceptors (Lipinski definition) is 2. The van der Waals surface area contributed by atoms with Gasteiger partial charge >= 0.3 is 0 Å². The predicted octanol–water partition coefficient (Wildman–Crippen LogP) is 4.18. The third-order valence-corrected chi connectivity index (χ3v) is 4.68. The number of aromatic nitrogens is 2. The molecular formula is C19H18BrN3O. The van der Waals surface area contributed by atoms with E-state index in [1.807, 2.05) is 67.1 Å². The van der Waals surface area contributed by atoms with Crippen molar-refractivity contribution < 1.29 is 4.79 Å². The molecule has 24 heavy (non-hydrogen) atoms. The lowest BCUT2D eigenvalue weighted by atomic mass is 10.1. The van der Waals surface area contributed by atoms with Gasteiger partial charge < -0.3 is 5.32 Å². The molecule has 0 fully saturated rings. The highest BCUT2D eigenvalue weighted by Crippen LogP contribution is 2.19. The van der Waals surface area contributed by atoms with Crippen molar-refractivity contribution in [2.24, 2.45) is 0 Å². The van der Waals surface area contributed by atoms with Crippen molar-refractivity contribution in [2.75, 3.05) is 0 Å². The minimum Gasteiger partial charge on any atom is -0.348 e. The number of nitrogens with zero attached hydrogens (tertiary/aromatic N) is 2. The standard InChI is InChI=1S/C19H18BrN3O/c1-13-17(12-21-19(24)16-10-6-7-11-18(16)20)14(2)23(22-13)15-8-4-3-5-9-15/h3-11H,12H2,1-2H3,(H,21,24). The normalized spacial score (nSPS) is 10.6. The van der Waals surface area contributed by atoms with Crippen molar-refractivity contribution in [3.05, 3.63) is 81.6 Å². The molecule has 122 valence electrons. The molecule has 4 nitrogen and oxygen atoms in total. The van der Waals surface area contributed by atoms with E-state index < -0.39 is 0 Å². The van der Waals surface area contributed by atoms with Crippen LogP contribution in [0.2, 0.25) is 0 Å². The Morgan fingerprint density at radius 1 is 1.08 bits per heavy atom. The van der Waals surface area contributed by atoms with E-state index in [1.165, 1.54) is 0 Å². The number of rotatable bonds is 4. The van der Waals surface area contributed by atoms with Gasteiger partial charge in [0.25, 0.3) is 5.91 Å². The first-order valence-corrected chi connectivity index (χ1v) is 8.50. The molecular weight excluding hydrogens is 366 g/mol. The Morgan fingerprint density at radius 2 is 1.75 bits per heavy atom. The van der Waals surface area contributed by atoms with Crippen molar-refractivity contribution in [1.29, 1.82) is 0 Å². The van der Waals surface area contributed by atoms with Crippen LogP contribution >= 0.6 is 15.9 Å². The van der Waals surface area contributed by atoms with Gasteiger partial charge in [0, 0.05) is 22.3 Å². The first-order valence-electron chi connectivity index (χ1n) is 7.71. The van der Waals surface area contributed by atoms with Crippen molar-refractivity contribution >= 4 is 21.8 Å². The molecule has 0 aliphatic heterocycles. The van der Waals surface area contributed by atoms with Crippen LogP contribution in [0.5, 0.6) is 0 Å². The summed E-state index contributed by atoms with van der Waals surface area (Å²) in [5.74, 6) is -0.103. The zero-order valence-corrected chi connectivity index (χ0v) is 15.2. The summed E-state index contributed by atoms with van der Waals surface area (Å²) in [6.45, 7) is 4.43. The monoisotopic (exact) mass is 383 g/mol. The van der Waals surface area contributed by atoms with Crippen LogP contribution in [0.1, 0.15) is 27.3 Å². The third kappa shape index (κ3) is 3.26. The highest BCUT2D eigenvalue weighted by atomic mass is 79.9. The number of carbonyl (C=O) groups is 1. The Kier molecular flexibility index (Phi) is 4.81. The van der Waals surface area contributed by atoms with Gasteiger partial charge in [-0.1, -0.05) is 30.3 Å².